The molecule has 0 saturated carbocycles. The normalized spacial score (nSPS) is 10.9. The smallest absolute Gasteiger partial charge is 0.0678 e. The van der Waals surface area contributed by atoms with E-state index in [9.17, 15) is 0 Å². The molecular weight excluding hydrogens is 234 g/mol. The zero-order chi connectivity index (χ0) is 13.8. The molecule has 102 valence electrons. The minimum absolute atomic E-state index is 0.893. The van der Waals surface area contributed by atoms with E-state index in [0.717, 1.165) is 19.5 Å². The van der Waals surface area contributed by atoms with Crippen LogP contribution in [-0.4, -0.2) is 16.3 Å². The van der Waals surface area contributed by atoms with Crippen molar-refractivity contribution < 1.29 is 0 Å². The van der Waals surface area contributed by atoms with Crippen molar-refractivity contribution in [2.45, 2.75) is 40.7 Å². The molecule has 19 heavy (non-hydrogen) atoms. The topological polar surface area (TPSA) is 29.9 Å². The highest BCUT2D eigenvalue weighted by Crippen LogP contribution is 2.20. The summed E-state index contributed by atoms with van der Waals surface area (Å²) in [6, 6.07) is 6.52. The Kier molecular flexibility index (Phi) is 4.38. The van der Waals surface area contributed by atoms with Gasteiger partial charge in [-0.1, -0.05) is 31.5 Å². The molecule has 3 nitrogen and oxygen atoms in total. The van der Waals surface area contributed by atoms with Gasteiger partial charge in [-0.15, -0.1) is 0 Å². The Balaban J connectivity index is 2.41. The third-order valence-electron chi connectivity index (χ3n) is 3.44. The van der Waals surface area contributed by atoms with Crippen molar-refractivity contribution in [1.82, 2.24) is 15.1 Å². The van der Waals surface area contributed by atoms with Gasteiger partial charge in [0.25, 0.3) is 0 Å². The SMILES string of the molecule is CCNCc1cnn(-c2ccc(C)cc2C)c1CC. The molecule has 0 aliphatic carbocycles. The van der Waals surface area contributed by atoms with Crippen molar-refractivity contribution in [2.24, 2.45) is 0 Å². The molecule has 1 heterocycles. The van der Waals surface area contributed by atoms with Gasteiger partial charge in [-0.25, -0.2) is 4.68 Å². The van der Waals surface area contributed by atoms with Gasteiger partial charge in [0.05, 0.1) is 11.9 Å². The second-order valence-electron chi connectivity index (χ2n) is 4.95. The standard InChI is InChI=1S/C16H23N3/c1-5-15-14(10-17-6-2)11-18-19(15)16-8-7-12(3)9-13(16)4/h7-9,11,17H,5-6,10H2,1-4H3. The second-order valence-corrected chi connectivity index (χ2v) is 4.95. The van der Waals surface area contributed by atoms with Crippen LogP contribution in [0, 0.1) is 13.8 Å². The van der Waals surface area contributed by atoms with Crippen molar-refractivity contribution in [2.75, 3.05) is 6.54 Å². The first kappa shape index (κ1) is 13.8. The number of hydrogen-bond donors (Lipinski definition) is 1. The second kappa shape index (κ2) is 6.02. The molecule has 2 aromatic rings. The van der Waals surface area contributed by atoms with Crippen LogP contribution in [0.3, 0.4) is 0 Å². The number of rotatable bonds is 5. The van der Waals surface area contributed by atoms with Gasteiger partial charge in [0.15, 0.2) is 0 Å². The molecule has 1 N–H and O–H groups in total. The van der Waals surface area contributed by atoms with E-state index >= 15 is 0 Å². The molecule has 3 heteroatoms. The van der Waals surface area contributed by atoms with Crippen LogP contribution in [0.5, 0.6) is 0 Å². The van der Waals surface area contributed by atoms with Crippen molar-refractivity contribution in [3.8, 4) is 5.69 Å². The van der Waals surface area contributed by atoms with Crippen LogP contribution in [0.25, 0.3) is 5.69 Å². The first-order chi connectivity index (χ1) is 9.17. The molecule has 2 rings (SSSR count). The minimum Gasteiger partial charge on any atom is -0.313 e. The predicted molar refractivity (Wildman–Crippen MR) is 79.8 cm³/mol. The lowest BCUT2D eigenvalue weighted by Crippen LogP contribution is -2.13. The summed E-state index contributed by atoms with van der Waals surface area (Å²) in [5.74, 6) is 0. The Morgan fingerprint density at radius 1 is 1.21 bits per heavy atom. The quantitative estimate of drug-likeness (QED) is 0.891. The number of aryl methyl sites for hydroxylation is 2. The van der Waals surface area contributed by atoms with Gasteiger partial charge in [-0.2, -0.15) is 5.10 Å². The van der Waals surface area contributed by atoms with Crippen LogP contribution in [0.1, 0.15) is 36.2 Å². The molecular formula is C16H23N3. The highest BCUT2D eigenvalue weighted by molar-refractivity contribution is 5.44. The van der Waals surface area contributed by atoms with Crippen LogP contribution in [0.15, 0.2) is 24.4 Å². The minimum atomic E-state index is 0.893. The fraction of sp³-hybridized carbons (Fsp3) is 0.438. The first-order valence-corrected chi connectivity index (χ1v) is 7.01. The monoisotopic (exact) mass is 257 g/mol. The van der Waals surface area contributed by atoms with Crippen LogP contribution in [0.4, 0.5) is 0 Å². The summed E-state index contributed by atoms with van der Waals surface area (Å²) in [7, 11) is 0. The third-order valence-corrected chi connectivity index (χ3v) is 3.44. The molecule has 0 saturated heterocycles. The van der Waals surface area contributed by atoms with Gasteiger partial charge in [0.2, 0.25) is 0 Å². The number of benzene rings is 1. The maximum absolute atomic E-state index is 4.58. The molecule has 0 unspecified atom stereocenters. The van der Waals surface area contributed by atoms with Gasteiger partial charge in [-0.05, 0) is 38.4 Å². The van der Waals surface area contributed by atoms with E-state index in [1.165, 1.54) is 28.1 Å². The van der Waals surface area contributed by atoms with Crippen molar-refractivity contribution in [3.63, 3.8) is 0 Å². The highest BCUT2D eigenvalue weighted by Gasteiger charge is 2.11. The highest BCUT2D eigenvalue weighted by atomic mass is 15.3. The van der Waals surface area contributed by atoms with Crippen LogP contribution < -0.4 is 5.32 Å². The molecule has 1 aromatic heterocycles. The Morgan fingerprint density at radius 2 is 2.00 bits per heavy atom. The van der Waals surface area contributed by atoms with E-state index in [4.69, 9.17) is 0 Å². The predicted octanol–water partition coefficient (Wildman–Crippen LogP) is 3.16. The van der Waals surface area contributed by atoms with Gasteiger partial charge < -0.3 is 5.32 Å². The number of aromatic nitrogens is 2. The Bertz CT molecular complexity index is 555. The molecule has 0 radical (unpaired) electrons. The average Bonchev–Trinajstić information content (AvgIpc) is 2.79. The lowest BCUT2D eigenvalue weighted by atomic mass is 10.1. The summed E-state index contributed by atoms with van der Waals surface area (Å²) < 4.78 is 2.08. The van der Waals surface area contributed by atoms with E-state index in [-0.39, 0.29) is 0 Å². The summed E-state index contributed by atoms with van der Waals surface area (Å²) in [6.07, 6.45) is 2.98. The maximum Gasteiger partial charge on any atom is 0.0678 e. The van der Waals surface area contributed by atoms with Gasteiger partial charge in [-0.3, -0.25) is 0 Å². The lowest BCUT2D eigenvalue weighted by Gasteiger charge is -2.11. The zero-order valence-electron chi connectivity index (χ0n) is 12.3. The van der Waals surface area contributed by atoms with E-state index < -0.39 is 0 Å². The Labute approximate surface area is 115 Å². The largest absolute Gasteiger partial charge is 0.313 e. The Hall–Kier alpha value is -1.61. The van der Waals surface area contributed by atoms with Crippen LogP contribution in [0.2, 0.25) is 0 Å². The number of nitrogens with zero attached hydrogens (tertiary/aromatic N) is 2. The van der Waals surface area contributed by atoms with E-state index in [2.05, 4.69) is 61.0 Å². The molecule has 0 amide bonds. The molecule has 0 spiro atoms. The molecule has 0 atom stereocenters. The van der Waals surface area contributed by atoms with Gasteiger partial charge in [0, 0.05) is 17.8 Å². The molecule has 1 aromatic carbocycles. The maximum atomic E-state index is 4.58. The van der Waals surface area contributed by atoms with Crippen LogP contribution >= 0.6 is 0 Å². The zero-order valence-corrected chi connectivity index (χ0v) is 12.3. The van der Waals surface area contributed by atoms with Crippen molar-refractivity contribution >= 4 is 0 Å². The van der Waals surface area contributed by atoms with Gasteiger partial charge >= 0.3 is 0 Å². The van der Waals surface area contributed by atoms with Crippen molar-refractivity contribution in [3.05, 3.63) is 46.8 Å². The van der Waals surface area contributed by atoms with E-state index in [1.807, 2.05) is 6.20 Å². The molecule has 0 aliphatic heterocycles. The molecule has 0 bridgehead atoms. The number of nitrogens with one attached hydrogen (secondary N) is 1. The average molecular weight is 257 g/mol. The van der Waals surface area contributed by atoms with Crippen LogP contribution in [-0.2, 0) is 13.0 Å². The summed E-state index contributed by atoms with van der Waals surface area (Å²) in [5.41, 5.74) is 6.34. The fourth-order valence-electron chi connectivity index (χ4n) is 2.44. The van der Waals surface area contributed by atoms with Gasteiger partial charge in [0.1, 0.15) is 0 Å². The third kappa shape index (κ3) is 2.87. The summed E-state index contributed by atoms with van der Waals surface area (Å²) in [5, 5.41) is 7.95. The lowest BCUT2D eigenvalue weighted by molar-refractivity contribution is 0.715. The van der Waals surface area contributed by atoms with E-state index in [0.29, 0.717) is 0 Å². The number of hydrogen-bond acceptors (Lipinski definition) is 2. The van der Waals surface area contributed by atoms with Crippen molar-refractivity contribution in [1.29, 1.82) is 0 Å². The molecule has 0 aliphatic rings. The molecule has 0 fully saturated rings. The fourth-order valence-corrected chi connectivity index (χ4v) is 2.44. The Morgan fingerprint density at radius 3 is 2.63 bits per heavy atom. The summed E-state index contributed by atoms with van der Waals surface area (Å²) in [4.78, 5) is 0. The summed E-state index contributed by atoms with van der Waals surface area (Å²) in [6.45, 7) is 10.5. The summed E-state index contributed by atoms with van der Waals surface area (Å²) >= 11 is 0. The first-order valence-electron chi connectivity index (χ1n) is 7.01. The van der Waals surface area contributed by atoms with E-state index in [1.54, 1.807) is 0 Å².